The summed E-state index contributed by atoms with van der Waals surface area (Å²) in [5.41, 5.74) is 0.773. The monoisotopic (exact) mass is 412 g/mol. The molecule has 2 aromatic rings. The Morgan fingerprint density at radius 3 is 2.30 bits per heavy atom. The zero-order chi connectivity index (χ0) is 21.3. The van der Waals surface area contributed by atoms with Crippen LogP contribution in [0, 0.1) is 21.8 Å². The highest BCUT2D eigenvalue weighted by atomic mass is 19.1. The van der Waals surface area contributed by atoms with Gasteiger partial charge in [-0.15, -0.1) is 0 Å². The minimum Gasteiger partial charge on any atom is -0.362 e. The highest BCUT2D eigenvalue weighted by Crippen LogP contribution is 2.30. The average Bonchev–Trinajstić information content (AvgIpc) is 3.15. The van der Waals surface area contributed by atoms with Crippen molar-refractivity contribution >= 4 is 28.9 Å². The lowest BCUT2D eigenvalue weighted by Crippen LogP contribution is -2.50. The summed E-state index contributed by atoms with van der Waals surface area (Å²) in [5.74, 6) is -1.41. The Hall–Kier alpha value is -3.49. The fourth-order valence-corrected chi connectivity index (χ4v) is 4.09. The summed E-state index contributed by atoms with van der Waals surface area (Å²) in [6.07, 6.45) is 0.0531. The normalized spacial score (nSPS) is 19.3. The molecule has 0 aromatic heterocycles. The predicted molar refractivity (Wildman–Crippen MR) is 109 cm³/mol. The molecular weight excluding hydrogens is 391 g/mol. The van der Waals surface area contributed by atoms with Crippen molar-refractivity contribution in [3.8, 4) is 0 Å². The number of nitro groups is 1. The molecule has 0 aliphatic carbocycles. The molecule has 0 saturated carbocycles. The van der Waals surface area contributed by atoms with E-state index in [9.17, 15) is 24.1 Å². The third kappa shape index (κ3) is 3.70. The number of halogens is 1. The van der Waals surface area contributed by atoms with Gasteiger partial charge < -0.3 is 14.7 Å². The van der Waals surface area contributed by atoms with Gasteiger partial charge in [0.2, 0.25) is 11.8 Å². The van der Waals surface area contributed by atoms with Gasteiger partial charge in [0, 0.05) is 45.2 Å². The quantitative estimate of drug-likeness (QED) is 0.569. The molecule has 1 unspecified atom stereocenters. The lowest BCUT2D eigenvalue weighted by molar-refractivity contribution is -0.384. The Bertz CT molecular complexity index is 990. The van der Waals surface area contributed by atoms with E-state index in [0.717, 1.165) is 0 Å². The highest BCUT2D eigenvalue weighted by molar-refractivity contribution is 6.00. The second-order valence-electron chi connectivity index (χ2n) is 7.41. The summed E-state index contributed by atoms with van der Waals surface area (Å²) in [6, 6.07) is 12.6. The SMILES string of the molecule is O=C(C1CC(=O)N(c2ccccc2F)C1)N1CCN(c2ccccc2[N+](=O)[O-])CC1. The van der Waals surface area contributed by atoms with Crippen molar-refractivity contribution in [2.75, 3.05) is 42.5 Å². The number of benzene rings is 2. The first-order chi connectivity index (χ1) is 14.5. The van der Waals surface area contributed by atoms with Crippen LogP contribution in [-0.4, -0.2) is 54.4 Å². The number of hydrogen-bond acceptors (Lipinski definition) is 5. The molecule has 2 aromatic carbocycles. The Morgan fingerprint density at radius 2 is 1.63 bits per heavy atom. The number of nitro benzene ring substituents is 1. The van der Waals surface area contributed by atoms with Gasteiger partial charge in [-0.25, -0.2) is 4.39 Å². The Labute approximate surface area is 172 Å². The number of piperazine rings is 1. The fraction of sp³-hybridized carbons (Fsp3) is 0.333. The lowest BCUT2D eigenvalue weighted by atomic mass is 10.1. The number of nitrogens with zero attached hydrogens (tertiary/aromatic N) is 4. The van der Waals surface area contributed by atoms with Gasteiger partial charge in [-0.1, -0.05) is 24.3 Å². The third-order valence-electron chi connectivity index (χ3n) is 5.63. The number of para-hydroxylation sites is 3. The van der Waals surface area contributed by atoms with Gasteiger partial charge in [-0.3, -0.25) is 19.7 Å². The van der Waals surface area contributed by atoms with Crippen LogP contribution in [-0.2, 0) is 9.59 Å². The average molecular weight is 412 g/mol. The van der Waals surface area contributed by atoms with Gasteiger partial charge in [0.1, 0.15) is 11.5 Å². The van der Waals surface area contributed by atoms with E-state index in [1.807, 2.05) is 4.90 Å². The smallest absolute Gasteiger partial charge is 0.292 e. The Morgan fingerprint density at radius 1 is 1.00 bits per heavy atom. The van der Waals surface area contributed by atoms with E-state index >= 15 is 0 Å². The second kappa shape index (κ2) is 8.10. The standard InChI is InChI=1S/C21H21FN4O4/c22-16-5-1-2-6-17(16)25-14-15(13-20(25)27)21(28)24-11-9-23(10-12-24)18-7-3-4-8-19(18)26(29)30/h1-8,15H,9-14H2. The summed E-state index contributed by atoms with van der Waals surface area (Å²) in [7, 11) is 0. The summed E-state index contributed by atoms with van der Waals surface area (Å²) < 4.78 is 14.0. The molecule has 0 spiro atoms. The van der Waals surface area contributed by atoms with Crippen molar-refractivity contribution in [1.82, 2.24) is 4.90 Å². The van der Waals surface area contributed by atoms with Crippen LogP contribution >= 0.6 is 0 Å². The summed E-state index contributed by atoms with van der Waals surface area (Å²) >= 11 is 0. The van der Waals surface area contributed by atoms with Crippen LogP contribution in [0.3, 0.4) is 0 Å². The minimum atomic E-state index is -0.519. The Balaban J connectivity index is 1.40. The van der Waals surface area contributed by atoms with Crippen LogP contribution in [0.15, 0.2) is 48.5 Å². The van der Waals surface area contributed by atoms with E-state index < -0.39 is 16.7 Å². The number of rotatable bonds is 4. The Kier molecular flexibility index (Phi) is 5.35. The minimum absolute atomic E-state index is 0.0409. The largest absolute Gasteiger partial charge is 0.362 e. The van der Waals surface area contributed by atoms with Gasteiger partial charge in [-0.2, -0.15) is 0 Å². The molecule has 2 heterocycles. The zero-order valence-electron chi connectivity index (χ0n) is 16.2. The number of anilines is 2. The maximum atomic E-state index is 14.0. The maximum absolute atomic E-state index is 14.0. The first kappa shape index (κ1) is 19.8. The number of carbonyl (C=O) groups is 2. The van der Waals surface area contributed by atoms with Crippen LogP contribution in [0.1, 0.15) is 6.42 Å². The van der Waals surface area contributed by atoms with Crippen molar-refractivity contribution in [2.45, 2.75) is 6.42 Å². The topological polar surface area (TPSA) is 87.0 Å². The lowest BCUT2D eigenvalue weighted by Gasteiger charge is -2.36. The molecule has 1 atom stereocenters. The zero-order valence-corrected chi connectivity index (χ0v) is 16.2. The van der Waals surface area contributed by atoms with Gasteiger partial charge in [0.25, 0.3) is 5.69 Å². The molecule has 0 bridgehead atoms. The van der Waals surface area contributed by atoms with Crippen LogP contribution in [0.5, 0.6) is 0 Å². The maximum Gasteiger partial charge on any atom is 0.292 e. The molecule has 8 nitrogen and oxygen atoms in total. The molecule has 2 aliphatic heterocycles. The molecule has 156 valence electrons. The number of carbonyl (C=O) groups excluding carboxylic acids is 2. The van der Waals surface area contributed by atoms with Crippen molar-refractivity contribution in [1.29, 1.82) is 0 Å². The molecule has 2 amide bonds. The van der Waals surface area contributed by atoms with Gasteiger partial charge >= 0.3 is 0 Å². The molecule has 9 heteroatoms. The highest BCUT2D eigenvalue weighted by Gasteiger charge is 2.39. The summed E-state index contributed by atoms with van der Waals surface area (Å²) in [4.78, 5) is 41.1. The van der Waals surface area contributed by atoms with Crippen molar-refractivity contribution in [3.63, 3.8) is 0 Å². The predicted octanol–water partition coefficient (Wildman–Crippen LogP) is 2.44. The molecule has 4 rings (SSSR count). The van der Waals surface area contributed by atoms with E-state index in [4.69, 9.17) is 0 Å². The van der Waals surface area contributed by atoms with Gasteiger partial charge in [-0.05, 0) is 18.2 Å². The molecule has 2 aliphatic rings. The molecule has 30 heavy (non-hydrogen) atoms. The van der Waals surface area contributed by atoms with Crippen LogP contribution in [0.2, 0.25) is 0 Å². The fourth-order valence-electron chi connectivity index (χ4n) is 4.09. The second-order valence-corrected chi connectivity index (χ2v) is 7.41. The van der Waals surface area contributed by atoms with E-state index in [-0.39, 0.29) is 36.2 Å². The van der Waals surface area contributed by atoms with E-state index in [1.54, 1.807) is 35.2 Å². The van der Waals surface area contributed by atoms with Gasteiger partial charge in [0.05, 0.1) is 16.5 Å². The number of amides is 2. The van der Waals surface area contributed by atoms with Gasteiger partial charge in [0.15, 0.2) is 0 Å². The van der Waals surface area contributed by atoms with E-state index in [2.05, 4.69) is 0 Å². The van der Waals surface area contributed by atoms with Crippen LogP contribution in [0.25, 0.3) is 0 Å². The molecule has 2 fully saturated rings. The van der Waals surface area contributed by atoms with Crippen molar-refractivity contribution in [2.24, 2.45) is 5.92 Å². The molecule has 0 radical (unpaired) electrons. The van der Waals surface area contributed by atoms with Crippen LogP contribution < -0.4 is 9.80 Å². The summed E-state index contributed by atoms with van der Waals surface area (Å²) in [6.45, 7) is 1.91. The van der Waals surface area contributed by atoms with E-state index in [1.165, 1.54) is 23.1 Å². The molecule has 0 N–H and O–H groups in total. The van der Waals surface area contributed by atoms with Crippen molar-refractivity contribution < 1.29 is 18.9 Å². The van der Waals surface area contributed by atoms with Crippen molar-refractivity contribution in [3.05, 3.63) is 64.5 Å². The number of hydrogen-bond donors (Lipinski definition) is 0. The third-order valence-corrected chi connectivity index (χ3v) is 5.63. The van der Waals surface area contributed by atoms with E-state index in [0.29, 0.717) is 31.9 Å². The molecular formula is C21H21FN4O4. The molecule has 2 saturated heterocycles. The summed E-state index contributed by atoms with van der Waals surface area (Å²) in [5, 5.41) is 11.3. The first-order valence-corrected chi connectivity index (χ1v) is 9.77. The van der Waals surface area contributed by atoms with Crippen LogP contribution in [0.4, 0.5) is 21.5 Å². The first-order valence-electron chi connectivity index (χ1n) is 9.77.